The molecule has 24 heavy (non-hydrogen) atoms. The van der Waals surface area contributed by atoms with Gasteiger partial charge >= 0.3 is 0 Å². The standard InChI is InChI=1S/C21H28O2Si/c1-21(2,3)16-10-11-18(17-22)23-24(19-12-6-4-7-13-19)20-14-8-5-9-15-20/h4-9,12-15,17-18,24H,10-11,16H2,1-3H3. The van der Waals surface area contributed by atoms with Crippen molar-refractivity contribution in [2.24, 2.45) is 5.41 Å². The zero-order valence-electron chi connectivity index (χ0n) is 14.9. The maximum atomic E-state index is 11.6. The van der Waals surface area contributed by atoms with Crippen LogP contribution in [-0.4, -0.2) is 21.4 Å². The van der Waals surface area contributed by atoms with Crippen molar-refractivity contribution >= 4 is 25.7 Å². The van der Waals surface area contributed by atoms with Gasteiger partial charge in [0.15, 0.2) is 0 Å². The molecule has 0 aliphatic carbocycles. The maximum Gasteiger partial charge on any atom is 0.240 e. The van der Waals surface area contributed by atoms with Crippen LogP contribution in [0.1, 0.15) is 40.0 Å². The summed E-state index contributed by atoms with van der Waals surface area (Å²) in [5.41, 5.74) is 0.295. The molecule has 0 bridgehead atoms. The fourth-order valence-corrected chi connectivity index (χ4v) is 5.17. The summed E-state index contributed by atoms with van der Waals surface area (Å²) in [6, 6.07) is 20.6. The van der Waals surface area contributed by atoms with Crippen molar-refractivity contribution in [3.63, 3.8) is 0 Å². The molecule has 2 nitrogen and oxygen atoms in total. The molecule has 0 aliphatic rings. The molecule has 2 rings (SSSR count). The Morgan fingerprint density at radius 3 is 1.88 bits per heavy atom. The average molecular weight is 341 g/mol. The molecule has 0 spiro atoms. The average Bonchev–Trinajstić information content (AvgIpc) is 2.58. The van der Waals surface area contributed by atoms with E-state index in [9.17, 15) is 4.79 Å². The van der Waals surface area contributed by atoms with Crippen LogP contribution in [0.4, 0.5) is 0 Å². The molecular weight excluding hydrogens is 312 g/mol. The van der Waals surface area contributed by atoms with Crippen LogP contribution in [0.25, 0.3) is 0 Å². The Labute approximate surface area is 147 Å². The molecule has 0 aliphatic heterocycles. The van der Waals surface area contributed by atoms with E-state index in [1.165, 1.54) is 10.4 Å². The van der Waals surface area contributed by atoms with Gasteiger partial charge in [0.1, 0.15) is 12.4 Å². The first-order chi connectivity index (χ1) is 11.5. The molecule has 0 heterocycles. The number of carbonyl (C=O) groups excluding carboxylic acids is 1. The zero-order valence-corrected chi connectivity index (χ0v) is 16.1. The summed E-state index contributed by atoms with van der Waals surface area (Å²) >= 11 is 0. The minimum atomic E-state index is -1.84. The normalized spacial score (nSPS) is 13.0. The predicted molar refractivity (Wildman–Crippen MR) is 104 cm³/mol. The summed E-state index contributed by atoms with van der Waals surface area (Å²) in [5, 5.41) is 2.43. The molecule has 0 N–H and O–H groups in total. The van der Waals surface area contributed by atoms with Crippen LogP contribution in [-0.2, 0) is 9.22 Å². The lowest BCUT2D eigenvalue weighted by molar-refractivity contribution is -0.114. The highest BCUT2D eigenvalue weighted by atomic mass is 28.3. The van der Waals surface area contributed by atoms with E-state index in [-0.39, 0.29) is 6.10 Å². The third kappa shape index (κ3) is 6.06. The van der Waals surface area contributed by atoms with Crippen molar-refractivity contribution in [2.45, 2.75) is 46.1 Å². The summed E-state index contributed by atoms with van der Waals surface area (Å²) in [5.74, 6) is 0. The monoisotopic (exact) mass is 340 g/mol. The quantitative estimate of drug-likeness (QED) is 0.544. The minimum absolute atomic E-state index is 0.295. The fourth-order valence-electron chi connectivity index (χ4n) is 2.78. The van der Waals surface area contributed by atoms with Crippen LogP contribution in [0.3, 0.4) is 0 Å². The lowest BCUT2D eigenvalue weighted by atomic mass is 9.89. The highest BCUT2D eigenvalue weighted by molar-refractivity contribution is 6.80. The molecular formula is C21H28O2Si. The largest absolute Gasteiger partial charge is 0.401 e. The molecule has 1 unspecified atom stereocenters. The van der Waals surface area contributed by atoms with Gasteiger partial charge in [0.2, 0.25) is 9.04 Å². The number of hydrogen-bond donors (Lipinski definition) is 0. The molecule has 3 heteroatoms. The van der Waals surface area contributed by atoms with Gasteiger partial charge < -0.3 is 9.22 Å². The molecule has 0 saturated heterocycles. The molecule has 1 atom stereocenters. The van der Waals surface area contributed by atoms with Gasteiger partial charge in [-0.05, 0) is 35.1 Å². The van der Waals surface area contributed by atoms with Gasteiger partial charge in [0, 0.05) is 0 Å². The SMILES string of the molecule is CC(C)(C)CCCC(C=O)O[SiH](c1ccccc1)c1ccccc1. The number of aldehydes is 1. The van der Waals surface area contributed by atoms with Gasteiger partial charge in [0.25, 0.3) is 0 Å². The van der Waals surface area contributed by atoms with Gasteiger partial charge in [-0.1, -0.05) is 81.4 Å². The van der Waals surface area contributed by atoms with Crippen LogP contribution in [0, 0.1) is 5.41 Å². The van der Waals surface area contributed by atoms with Crippen LogP contribution in [0.2, 0.25) is 0 Å². The van der Waals surface area contributed by atoms with E-state index in [1.54, 1.807) is 0 Å². The second kappa shape index (κ2) is 8.95. The van der Waals surface area contributed by atoms with Crippen molar-refractivity contribution in [2.75, 3.05) is 0 Å². The van der Waals surface area contributed by atoms with Gasteiger partial charge in [-0.2, -0.15) is 0 Å². The molecule has 2 aromatic rings. The molecule has 0 fully saturated rings. The second-order valence-corrected chi connectivity index (χ2v) is 9.83. The Kier molecular flexibility index (Phi) is 6.94. The smallest absolute Gasteiger partial charge is 0.240 e. The topological polar surface area (TPSA) is 26.3 Å². The van der Waals surface area contributed by atoms with E-state index in [4.69, 9.17) is 4.43 Å². The highest BCUT2D eigenvalue weighted by Crippen LogP contribution is 2.22. The van der Waals surface area contributed by atoms with Crippen molar-refractivity contribution in [1.29, 1.82) is 0 Å². The fraction of sp³-hybridized carbons (Fsp3) is 0.381. The summed E-state index contributed by atoms with van der Waals surface area (Å²) in [6.07, 6.45) is 3.57. The lowest BCUT2D eigenvalue weighted by Crippen LogP contribution is -2.47. The van der Waals surface area contributed by atoms with Crippen molar-refractivity contribution in [1.82, 2.24) is 0 Å². The molecule has 0 saturated carbocycles. The van der Waals surface area contributed by atoms with E-state index in [2.05, 4.69) is 45.0 Å². The van der Waals surface area contributed by atoms with Gasteiger partial charge in [0.05, 0.1) is 0 Å². The van der Waals surface area contributed by atoms with E-state index in [0.717, 1.165) is 25.5 Å². The number of rotatable bonds is 8. The third-order valence-electron chi connectivity index (χ3n) is 4.08. The Morgan fingerprint density at radius 2 is 1.46 bits per heavy atom. The Bertz CT molecular complexity index is 565. The van der Waals surface area contributed by atoms with Crippen LogP contribution >= 0.6 is 0 Å². The first-order valence-electron chi connectivity index (χ1n) is 8.70. The molecule has 0 radical (unpaired) electrons. The number of benzene rings is 2. The Balaban J connectivity index is 2.11. The predicted octanol–water partition coefficient (Wildman–Crippen LogP) is 3.33. The first kappa shape index (κ1) is 18.6. The number of carbonyl (C=O) groups is 1. The zero-order chi connectivity index (χ0) is 17.4. The van der Waals surface area contributed by atoms with Crippen LogP contribution < -0.4 is 10.4 Å². The Morgan fingerprint density at radius 1 is 0.958 bits per heavy atom. The van der Waals surface area contributed by atoms with E-state index < -0.39 is 9.04 Å². The van der Waals surface area contributed by atoms with E-state index in [1.807, 2.05) is 36.4 Å². The molecule has 0 amide bonds. The molecule has 128 valence electrons. The third-order valence-corrected chi connectivity index (χ3v) is 6.69. The van der Waals surface area contributed by atoms with Crippen molar-refractivity contribution in [3.05, 3.63) is 60.7 Å². The Hall–Kier alpha value is -1.71. The van der Waals surface area contributed by atoms with Crippen molar-refractivity contribution in [3.8, 4) is 0 Å². The van der Waals surface area contributed by atoms with E-state index >= 15 is 0 Å². The summed E-state index contributed by atoms with van der Waals surface area (Å²) in [7, 11) is -1.84. The van der Waals surface area contributed by atoms with Crippen LogP contribution in [0.15, 0.2) is 60.7 Å². The summed E-state index contributed by atoms with van der Waals surface area (Å²) in [6.45, 7) is 6.69. The summed E-state index contributed by atoms with van der Waals surface area (Å²) < 4.78 is 6.36. The maximum absolute atomic E-state index is 11.6. The first-order valence-corrected chi connectivity index (χ1v) is 10.3. The number of hydrogen-bond acceptors (Lipinski definition) is 2. The van der Waals surface area contributed by atoms with Crippen molar-refractivity contribution < 1.29 is 9.22 Å². The minimum Gasteiger partial charge on any atom is -0.401 e. The lowest BCUT2D eigenvalue weighted by Gasteiger charge is -2.23. The van der Waals surface area contributed by atoms with Gasteiger partial charge in [-0.15, -0.1) is 0 Å². The summed E-state index contributed by atoms with van der Waals surface area (Å²) in [4.78, 5) is 11.6. The highest BCUT2D eigenvalue weighted by Gasteiger charge is 2.22. The van der Waals surface area contributed by atoms with E-state index in [0.29, 0.717) is 5.41 Å². The second-order valence-electron chi connectivity index (χ2n) is 7.46. The van der Waals surface area contributed by atoms with Gasteiger partial charge in [-0.3, -0.25) is 0 Å². The van der Waals surface area contributed by atoms with Crippen LogP contribution in [0.5, 0.6) is 0 Å². The molecule has 2 aromatic carbocycles. The van der Waals surface area contributed by atoms with Gasteiger partial charge in [-0.25, -0.2) is 0 Å². The molecule has 0 aromatic heterocycles.